The molecule has 2 rings (SSSR count). The van der Waals surface area contributed by atoms with Gasteiger partial charge in [0.15, 0.2) is 5.78 Å². The van der Waals surface area contributed by atoms with Crippen LogP contribution in [-0.2, 0) is 7.05 Å². The van der Waals surface area contributed by atoms with Crippen molar-refractivity contribution in [1.29, 1.82) is 0 Å². The van der Waals surface area contributed by atoms with Gasteiger partial charge in [0.2, 0.25) is 0 Å². The number of fused-ring (bicyclic) bond motifs is 1. The Kier molecular flexibility index (Phi) is 2.23. The summed E-state index contributed by atoms with van der Waals surface area (Å²) in [5.41, 5.74) is 0.144. The van der Waals surface area contributed by atoms with Crippen LogP contribution in [0.15, 0.2) is 32.2 Å². The number of hydrogen-bond donors (Lipinski definition) is 0. The van der Waals surface area contributed by atoms with Gasteiger partial charge in [-0.1, -0.05) is 0 Å². The molecule has 0 atom stereocenters. The van der Waals surface area contributed by atoms with Crippen LogP contribution in [0.5, 0.6) is 0 Å². The Hall–Kier alpha value is -2.17. The lowest BCUT2D eigenvalue weighted by molar-refractivity contribution is 0.101. The molecule has 2 aromatic rings. The van der Waals surface area contributed by atoms with Gasteiger partial charge in [0.25, 0.3) is 0 Å². The average Bonchev–Trinajstić information content (AvgIpc) is 2.25. The summed E-state index contributed by atoms with van der Waals surface area (Å²) in [4.78, 5) is 33.8. The molecule has 0 aliphatic carbocycles. The molecule has 82 valence electrons. The monoisotopic (exact) mass is 219 g/mol. The summed E-state index contributed by atoms with van der Waals surface area (Å²) < 4.78 is 5.72. The molecule has 0 unspecified atom stereocenters. The number of ketones is 1. The first-order valence-electron chi connectivity index (χ1n) is 4.65. The molecule has 1 aromatic carbocycles. The topological polar surface area (TPSA) is 69.3 Å². The Morgan fingerprint density at radius 3 is 2.62 bits per heavy atom. The fourth-order valence-corrected chi connectivity index (χ4v) is 1.51. The number of carbonyl (C=O) groups excluding carboxylic acids is 1. The van der Waals surface area contributed by atoms with E-state index in [9.17, 15) is 14.4 Å². The Balaban J connectivity index is 2.96. The van der Waals surface area contributed by atoms with Crippen molar-refractivity contribution in [3.63, 3.8) is 0 Å². The predicted octanol–water partition coefficient (Wildman–Crippen LogP) is 0.694. The van der Waals surface area contributed by atoms with E-state index in [1.165, 1.54) is 24.6 Å². The predicted molar refractivity (Wildman–Crippen MR) is 57.7 cm³/mol. The van der Waals surface area contributed by atoms with Gasteiger partial charge >= 0.3 is 11.4 Å². The van der Waals surface area contributed by atoms with E-state index in [-0.39, 0.29) is 11.2 Å². The first-order chi connectivity index (χ1) is 7.50. The van der Waals surface area contributed by atoms with Crippen molar-refractivity contribution < 1.29 is 9.21 Å². The quantitative estimate of drug-likeness (QED) is 0.662. The second-order valence-corrected chi connectivity index (χ2v) is 3.50. The van der Waals surface area contributed by atoms with E-state index < -0.39 is 11.4 Å². The number of nitrogens with zero attached hydrogens (tertiary/aromatic N) is 1. The third-order valence-corrected chi connectivity index (χ3v) is 2.44. The second kappa shape index (κ2) is 3.44. The van der Waals surface area contributed by atoms with Gasteiger partial charge in [-0.05, 0) is 25.1 Å². The molecule has 5 nitrogen and oxygen atoms in total. The highest BCUT2D eigenvalue weighted by Gasteiger charge is 2.08. The van der Waals surface area contributed by atoms with E-state index >= 15 is 0 Å². The van der Waals surface area contributed by atoms with Crippen LogP contribution in [0.25, 0.3) is 10.9 Å². The summed E-state index contributed by atoms with van der Waals surface area (Å²) in [5, 5.41) is 0.231. The van der Waals surface area contributed by atoms with Crippen LogP contribution >= 0.6 is 0 Å². The van der Waals surface area contributed by atoms with Gasteiger partial charge in [-0.3, -0.25) is 9.36 Å². The Morgan fingerprint density at radius 1 is 1.31 bits per heavy atom. The zero-order chi connectivity index (χ0) is 11.9. The number of carbonyl (C=O) groups is 1. The molecule has 0 bridgehead atoms. The van der Waals surface area contributed by atoms with Crippen molar-refractivity contribution in [2.75, 3.05) is 0 Å². The van der Waals surface area contributed by atoms with Crippen LogP contribution in [-0.4, -0.2) is 10.4 Å². The van der Waals surface area contributed by atoms with E-state index in [1.807, 2.05) is 0 Å². The van der Waals surface area contributed by atoms with Crippen LogP contribution in [0.2, 0.25) is 0 Å². The molecular formula is C11H9NO4. The standard InChI is InChI=1S/C11H9NO4/c1-6(13)7-3-4-9-8(5-7)10(14)16-11(15)12(9)2/h3-5H,1-2H3. The van der Waals surface area contributed by atoms with E-state index in [2.05, 4.69) is 4.42 Å². The molecule has 0 amide bonds. The molecule has 1 aromatic heterocycles. The summed E-state index contributed by atoms with van der Waals surface area (Å²) in [6.45, 7) is 1.41. The zero-order valence-corrected chi connectivity index (χ0v) is 8.81. The molecule has 0 saturated carbocycles. The SMILES string of the molecule is CC(=O)c1ccc2c(c1)c(=O)oc(=O)n2C. The summed E-state index contributed by atoms with van der Waals surface area (Å²) in [5.74, 6) is -0.858. The van der Waals surface area contributed by atoms with E-state index in [4.69, 9.17) is 0 Å². The average molecular weight is 219 g/mol. The lowest BCUT2D eigenvalue weighted by atomic mass is 10.1. The van der Waals surface area contributed by atoms with Crippen molar-refractivity contribution in [3.05, 3.63) is 44.7 Å². The van der Waals surface area contributed by atoms with Crippen molar-refractivity contribution in [2.24, 2.45) is 7.05 Å². The number of aryl methyl sites for hydroxylation is 1. The van der Waals surface area contributed by atoms with Crippen LogP contribution in [0.4, 0.5) is 0 Å². The minimum atomic E-state index is -0.721. The molecular weight excluding hydrogens is 210 g/mol. The van der Waals surface area contributed by atoms with Gasteiger partial charge in [0, 0.05) is 12.6 Å². The second-order valence-electron chi connectivity index (χ2n) is 3.50. The molecule has 0 aliphatic rings. The highest BCUT2D eigenvalue weighted by molar-refractivity contribution is 5.97. The molecule has 1 heterocycles. The van der Waals surface area contributed by atoms with Gasteiger partial charge in [-0.2, -0.15) is 0 Å². The number of hydrogen-bond acceptors (Lipinski definition) is 4. The van der Waals surface area contributed by atoms with E-state index in [0.29, 0.717) is 11.1 Å². The Morgan fingerprint density at radius 2 is 2.00 bits per heavy atom. The third-order valence-electron chi connectivity index (χ3n) is 2.44. The van der Waals surface area contributed by atoms with E-state index in [0.717, 1.165) is 0 Å². The molecule has 16 heavy (non-hydrogen) atoms. The van der Waals surface area contributed by atoms with Crippen molar-refractivity contribution in [1.82, 2.24) is 4.57 Å². The normalized spacial score (nSPS) is 10.6. The first kappa shape index (κ1) is 10.4. The van der Waals surface area contributed by atoms with Crippen LogP contribution in [0.1, 0.15) is 17.3 Å². The largest absolute Gasteiger partial charge is 0.422 e. The molecule has 0 N–H and O–H groups in total. The number of aromatic nitrogens is 1. The molecule has 5 heteroatoms. The van der Waals surface area contributed by atoms with Gasteiger partial charge in [-0.15, -0.1) is 0 Å². The van der Waals surface area contributed by atoms with Crippen LogP contribution in [0, 0.1) is 0 Å². The summed E-state index contributed by atoms with van der Waals surface area (Å²) in [6.07, 6.45) is 0. The highest BCUT2D eigenvalue weighted by Crippen LogP contribution is 2.10. The maximum Gasteiger partial charge on any atom is 0.422 e. The van der Waals surface area contributed by atoms with Gasteiger partial charge < -0.3 is 4.42 Å². The summed E-state index contributed by atoms with van der Waals surface area (Å²) in [6, 6.07) is 4.57. The van der Waals surface area contributed by atoms with Crippen molar-refractivity contribution in [3.8, 4) is 0 Å². The van der Waals surface area contributed by atoms with Crippen LogP contribution < -0.4 is 11.4 Å². The third kappa shape index (κ3) is 1.46. The van der Waals surface area contributed by atoms with Crippen molar-refractivity contribution >= 4 is 16.7 Å². The van der Waals surface area contributed by atoms with Gasteiger partial charge in [-0.25, -0.2) is 9.59 Å². The Labute approximate surface area is 89.9 Å². The lowest BCUT2D eigenvalue weighted by Gasteiger charge is -2.03. The first-order valence-corrected chi connectivity index (χ1v) is 4.65. The number of Topliss-reactive ketones (excluding diaryl/α,β-unsaturated/α-hetero) is 1. The summed E-state index contributed by atoms with van der Waals surface area (Å²) in [7, 11) is 1.50. The molecule has 0 radical (unpaired) electrons. The Bertz CT molecular complexity index is 693. The molecule has 0 aliphatic heterocycles. The lowest BCUT2D eigenvalue weighted by Crippen LogP contribution is -2.22. The number of benzene rings is 1. The minimum absolute atomic E-state index is 0.143. The van der Waals surface area contributed by atoms with Crippen molar-refractivity contribution in [2.45, 2.75) is 6.92 Å². The summed E-state index contributed by atoms with van der Waals surface area (Å²) >= 11 is 0. The highest BCUT2D eigenvalue weighted by atomic mass is 16.4. The van der Waals surface area contributed by atoms with Crippen LogP contribution in [0.3, 0.4) is 0 Å². The fraction of sp³-hybridized carbons (Fsp3) is 0.182. The van der Waals surface area contributed by atoms with E-state index in [1.54, 1.807) is 12.1 Å². The number of rotatable bonds is 1. The maximum atomic E-state index is 11.4. The van der Waals surface area contributed by atoms with Gasteiger partial charge in [0.05, 0.1) is 10.9 Å². The molecule has 0 spiro atoms. The maximum absolute atomic E-state index is 11.4. The molecule has 0 saturated heterocycles. The van der Waals surface area contributed by atoms with Gasteiger partial charge in [0.1, 0.15) is 0 Å². The molecule has 0 fully saturated rings. The minimum Gasteiger partial charge on any atom is -0.372 e. The smallest absolute Gasteiger partial charge is 0.372 e. The zero-order valence-electron chi connectivity index (χ0n) is 8.81. The fourth-order valence-electron chi connectivity index (χ4n) is 1.51.